The lowest BCUT2D eigenvalue weighted by atomic mass is 9.80. The number of β-amino-alcohol motifs (C(OH)–C–C–N with tert-alkyl or cyclic N) is 1. The summed E-state index contributed by atoms with van der Waals surface area (Å²) in [5.41, 5.74) is -1.38. The maximum atomic E-state index is 15.2. The van der Waals surface area contributed by atoms with E-state index < -0.39 is 33.6 Å². The summed E-state index contributed by atoms with van der Waals surface area (Å²) in [6.45, 7) is -0.110. The summed E-state index contributed by atoms with van der Waals surface area (Å²) < 4.78 is 41.1. The average molecular weight is 663 g/mol. The van der Waals surface area contributed by atoms with Crippen LogP contribution in [0.4, 0.5) is 5.69 Å². The zero-order valence-corrected chi connectivity index (χ0v) is 26.8. The van der Waals surface area contributed by atoms with E-state index in [1.54, 1.807) is 67.5 Å². The van der Waals surface area contributed by atoms with E-state index in [2.05, 4.69) is 4.98 Å². The summed E-state index contributed by atoms with van der Waals surface area (Å²) in [6.07, 6.45) is 0.164. The number of benzene rings is 3. The molecular formula is C33H31ClN4O7S. The average Bonchev–Trinajstić information content (AvgIpc) is 3.56. The molecule has 3 heterocycles. The Morgan fingerprint density at radius 2 is 1.74 bits per heavy atom. The van der Waals surface area contributed by atoms with Crippen LogP contribution in [-0.2, 0) is 25.2 Å². The van der Waals surface area contributed by atoms with E-state index in [1.807, 2.05) is 6.07 Å². The third-order valence-electron chi connectivity index (χ3n) is 8.21. The Bertz CT molecular complexity index is 1910. The van der Waals surface area contributed by atoms with Crippen molar-refractivity contribution in [3.8, 4) is 17.4 Å². The lowest BCUT2D eigenvalue weighted by molar-refractivity contribution is -0.138. The van der Waals surface area contributed by atoms with Crippen LogP contribution in [0.1, 0.15) is 17.5 Å². The summed E-state index contributed by atoms with van der Waals surface area (Å²) in [4.78, 5) is 35.6. The number of amides is 2. The molecule has 0 spiro atoms. The molecule has 0 aliphatic carbocycles. The van der Waals surface area contributed by atoms with Crippen molar-refractivity contribution in [1.29, 1.82) is 0 Å². The minimum Gasteiger partial charge on any atom is -0.496 e. The normalized spacial score (nSPS) is 21.2. The number of methoxy groups -OCH3 is 1. The number of rotatable bonds is 8. The number of hydrogen-bond acceptors (Lipinski definition) is 9. The number of sulfonamides is 1. The van der Waals surface area contributed by atoms with Gasteiger partial charge in [-0.05, 0) is 48.9 Å². The summed E-state index contributed by atoms with van der Waals surface area (Å²) in [5.74, 6) is -0.291. The number of carbonyl (C=O) groups excluding carboxylic acids is 2. The monoisotopic (exact) mass is 662 g/mol. The zero-order chi connectivity index (χ0) is 32.8. The Hall–Kier alpha value is -4.49. The molecule has 1 unspecified atom stereocenters. The van der Waals surface area contributed by atoms with E-state index in [1.165, 1.54) is 42.3 Å². The lowest BCUT2D eigenvalue weighted by Gasteiger charge is -2.42. The van der Waals surface area contributed by atoms with Crippen LogP contribution in [0.2, 0.25) is 5.02 Å². The Morgan fingerprint density at radius 1 is 1.02 bits per heavy atom. The number of anilines is 1. The van der Waals surface area contributed by atoms with Crippen molar-refractivity contribution < 1.29 is 32.6 Å². The molecule has 3 atom stereocenters. The molecule has 13 heteroatoms. The molecule has 4 aromatic rings. The number of aromatic nitrogens is 1. The summed E-state index contributed by atoms with van der Waals surface area (Å²) in [7, 11) is -0.00516. The number of para-hydroxylation sites is 2. The van der Waals surface area contributed by atoms with Crippen LogP contribution in [0.15, 0.2) is 96.0 Å². The molecule has 1 aromatic heterocycles. The maximum Gasteiger partial charge on any atom is 0.272 e. The number of nitrogens with zero attached hydrogens (tertiary/aromatic N) is 4. The number of aliphatic hydroxyl groups is 1. The molecular weight excluding hydrogens is 632 g/mol. The highest BCUT2D eigenvalue weighted by Crippen LogP contribution is 2.54. The van der Waals surface area contributed by atoms with Gasteiger partial charge in [-0.25, -0.2) is 17.7 Å². The van der Waals surface area contributed by atoms with Gasteiger partial charge >= 0.3 is 0 Å². The van der Waals surface area contributed by atoms with Crippen molar-refractivity contribution in [2.45, 2.75) is 29.0 Å². The van der Waals surface area contributed by atoms with Crippen molar-refractivity contribution in [1.82, 2.24) is 14.8 Å². The van der Waals surface area contributed by atoms with Crippen LogP contribution in [-0.4, -0.2) is 80.0 Å². The van der Waals surface area contributed by atoms with Gasteiger partial charge in [0, 0.05) is 42.9 Å². The molecule has 0 bridgehead atoms. The topological polar surface area (TPSA) is 130 Å². The fourth-order valence-corrected chi connectivity index (χ4v) is 7.81. The molecule has 2 amide bonds. The van der Waals surface area contributed by atoms with Crippen molar-refractivity contribution in [2.75, 3.05) is 32.1 Å². The third-order valence-corrected chi connectivity index (χ3v) is 10.1. The first-order chi connectivity index (χ1) is 22.0. The van der Waals surface area contributed by atoms with Gasteiger partial charge in [0.1, 0.15) is 16.4 Å². The van der Waals surface area contributed by atoms with Gasteiger partial charge in [0.25, 0.3) is 15.9 Å². The highest BCUT2D eigenvalue weighted by Gasteiger charge is 2.63. The van der Waals surface area contributed by atoms with Crippen molar-refractivity contribution in [3.63, 3.8) is 0 Å². The number of aliphatic hydroxyl groups excluding tert-OH is 1. The zero-order valence-electron chi connectivity index (χ0n) is 25.2. The SMILES string of the molecule is COc1ccccc1C1(N2C[C@H](O)C[C@H]2C(=O)N(C)C)C(=O)N(S(=O)(=O)c2ccc(Oc3ccccc3)nc2)c2ccc(Cl)cc21. The number of likely N-dealkylation sites (tertiary alicyclic amines) is 1. The van der Waals surface area contributed by atoms with Crippen LogP contribution >= 0.6 is 11.6 Å². The molecule has 0 radical (unpaired) electrons. The van der Waals surface area contributed by atoms with Crippen LogP contribution in [0.5, 0.6) is 17.4 Å². The third kappa shape index (κ3) is 5.07. The first kappa shape index (κ1) is 31.5. The standard InChI is InChI=1S/C33H31ClN4O7S/c1-36(2)31(40)28-18-22(39)20-37(28)33(25-11-7-8-12-29(25)44-3)26-17-21(34)13-15-27(26)38(32(33)41)46(42,43)24-14-16-30(35-19-24)45-23-9-5-4-6-10-23/h4-17,19,22,28,39H,18,20H2,1-3H3/t22-,28+,33?/m1/s1. The number of fused-ring (bicyclic) bond motifs is 1. The van der Waals surface area contributed by atoms with Gasteiger partial charge in [-0.1, -0.05) is 48.0 Å². The van der Waals surface area contributed by atoms with E-state index >= 15 is 4.79 Å². The number of halogens is 1. The Kier molecular flexibility index (Phi) is 8.23. The molecule has 3 aromatic carbocycles. The van der Waals surface area contributed by atoms with Gasteiger partial charge in [0.2, 0.25) is 11.8 Å². The second-order valence-electron chi connectivity index (χ2n) is 11.2. The molecule has 1 N–H and O–H groups in total. The largest absolute Gasteiger partial charge is 0.496 e. The van der Waals surface area contributed by atoms with E-state index in [4.69, 9.17) is 21.1 Å². The van der Waals surface area contributed by atoms with E-state index in [9.17, 15) is 18.3 Å². The first-order valence-corrected chi connectivity index (χ1v) is 16.2. The molecule has 238 valence electrons. The molecule has 0 saturated carbocycles. The smallest absolute Gasteiger partial charge is 0.272 e. The lowest BCUT2D eigenvalue weighted by Crippen LogP contribution is -2.59. The van der Waals surface area contributed by atoms with E-state index in [0.29, 0.717) is 11.3 Å². The number of pyridine rings is 1. The quantitative estimate of drug-likeness (QED) is 0.297. The molecule has 6 rings (SSSR count). The first-order valence-electron chi connectivity index (χ1n) is 14.4. The number of carbonyl (C=O) groups is 2. The maximum absolute atomic E-state index is 15.2. The fourth-order valence-electron chi connectivity index (χ4n) is 6.23. The minimum atomic E-state index is -4.60. The fraction of sp³-hybridized carbons (Fsp3) is 0.242. The number of ether oxygens (including phenoxy) is 2. The van der Waals surface area contributed by atoms with Gasteiger partial charge < -0.3 is 19.5 Å². The van der Waals surface area contributed by atoms with E-state index in [0.717, 1.165) is 10.5 Å². The molecule has 11 nitrogen and oxygen atoms in total. The van der Waals surface area contributed by atoms with Crippen molar-refractivity contribution in [3.05, 3.63) is 107 Å². The van der Waals surface area contributed by atoms with Crippen LogP contribution < -0.4 is 13.8 Å². The highest BCUT2D eigenvalue weighted by atomic mass is 35.5. The predicted octanol–water partition coefficient (Wildman–Crippen LogP) is 4.04. The van der Waals surface area contributed by atoms with Gasteiger partial charge in [0.15, 0.2) is 5.54 Å². The molecule has 1 saturated heterocycles. The molecule has 46 heavy (non-hydrogen) atoms. The Balaban J connectivity index is 1.55. The van der Waals surface area contributed by atoms with Gasteiger partial charge in [-0.15, -0.1) is 0 Å². The summed E-state index contributed by atoms with van der Waals surface area (Å²) >= 11 is 6.53. The van der Waals surface area contributed by atoms with E-state index in [-0.39, 0.29) is 51.7 Å². The second kappa shape index (κ2) is 12.0. The van der Waals surface area contributed by atoms with Crippen LogP contribution in [0.25, 0.3) is 0 Å². The summed E-state index contributed by atoms with van der Waals surface area (Å²) in [6, 6.07) is 21.8. The highest BCUT2D eigenvalue weighted by molar-refractivity contribution is 7.93. The van der Waals surface area contributed by atoms with Crippen molar-refractivity contribution >= 4 is 39.1 Å². The molecule has 2 aliphatic rings. The molecule has 1 fully saturated rings. The van der Waals surface area contributed by atoms with Crippen molar-refractivity contribution in [2.24, 2.45) is 0 Å². The minimum absolute atomic E-state index is 0.0244. The predicted molar refractivity (Wildman–Crippen MR) is 170 cm³/mol. The van der Waals surface area contributed by atoms with Gasteiger partial charge in [-0.2, -0.15) is 0 Å². The Labute approximate surface area is 271 Å². The number of likely N-dealkylation sites (N-methyl/N-ethyl adjacent to an activating group) is 1. The summed E-state index contributed by atoms with van der Waals surface area (Å²) in [5, 5.41) is 11.2. The van der Waals surface area contributed by atoms with Gasteiger partial charge in [0.05, 0.1) is 31.1 Å². The van der Waals surface area contributed by atoms with Crippen LogP contribution in [0, 0.1) is 0 Å². The number of hydrogen-bond donors (Lipinski definition) is 1. The van der Waals surface area contributed by atoms with Gasteiger partial charge in [-0.3, -0.25) is 14.5 Å². The molecule has 2 aliphatic heterocycles. The second-order valence-corrected chi connectivity index (χ2v) is 13.4. The Morgan fingerprint density at radius 3 is 2.41 bits per heavy atom. The van der Waals surface area contributed by atoms with Crippen LogP contribution in [0.3, 0.4) is 0 Å².